The Morgan fingerprint density at radius 2 is 2.35 bits per heavy atom. The predicted molar refractivity (Wildman–Crippen MR) is 85.4 cm³/mol. The van der Waals surface area contributed by atoms with Crippen LogP contribution in [0.25, 0.3) is 0 Å². The van der Waals surface area contributed by atoms with Gasteiger partial charge in [-0.3, -0.25) is 9.78 Å². The van der Waals surface area contributed by atoms with Gasteiger partial charge >= 0.3 is 0 Å². The number of carbonyl (C=O) groups excluding carboxylic acids is 1. The van der Waals surface area contributed by atoms with E-state index < -0.39 is 0 Å². The molecule has 1 aliphatic rings. The Balaban J connectivity index is 1.98. The zero-order valence-electron chi connectivity index (χ0n) is 12.2. The van der Waals surface area contributed by atoms with Gasteiger partial charge in [-0.1, -0.05) is 6.92 Å². The molecule has 0 aromatic carbocycles. The summed E-state index contributed by atoms with van der Waals surface area (Å²) in [5.74, 6) is -0.0107. The third-order valence-electron chi connectivity index (χ3n) is 3.68. The summed E-state index contributed by atoms with van der Waals surface area (Å²) in [6, 6.07) is 2.17. The number of nitrogens with one attached hydrogen (secondary N) is 2. The highest BCUT2D eigenvalue weighted by atomic mass is 32.2. The topological polar surface area (TPSA) is 54.0 Å². The van der Waals surface area contributed by atoms with Crippen LogP contribution in [0, 0.1) is 0 Å². The maximum absolute atomic E-state index is 12.4. The Hall–Kier alpha value is -1.23. The zero-order valence-corrected chi connectivity index (χ0v) is 13.0. The van der Waals surface area contributed by atoms with E-state index in [9.17, 15) is 4.79 Å². The number of hydrogen-bond acceptors (Lipinski definition) is 4. The summed E-state index contributed by atoms with van der Waals surface area (Å²) in [5.41, 5.74) is 1.52. The highest BCUT2D eigenvalue weighted by molar-refractivity contribution is 7.99. The Kier molecular flexibility index (Phi) is 5.71. The molecule has 1 saturated carbocycles. The third kappa shape index (κ3) is 3.88. The minimum absolute atomic E-state index is 0.0107. The molecule has 0 aliphatic heterocycles. The summed E-state index contributed by atoms with van der Waals surface area (Å²) < 4.78 is 0. The van der Waals surface area contributed by atoms with E-state index in [-0.39, 0.29) is 5.91 Å². The molecule has 2 unspecified atom stereocenters. The van der Waals surface area contributed by atoms with E-state index in [1.807, 2.05) is 17.8 Å². The van der Waals surface area contributed by atoms with Crippen molar-refractivity contribution < 1.29 is 4.79 Å². The Labute approximate surface area is 125 Å². The lowest BCUT2D eigenvalue weighted by atomic mass is 10.2. The first-order valence-electron chi connectivity index (χ1n) is 7.26. The number of anilines is 1. The average Bonchev–Trinajstić information content (AvgIpc) is 2.93. The fraction of sp³-hybridized carbons (Fsp3) is 0.600. The quantitative estimate of drug-likeness (QED) is 0.847. The summed E-state index contributed by atoms with van der Waals surface area (Å²) in [6.45, 7) is 2.97. The van der Waals surface area contributed by atoms with Crippen LogP contribution in [-0.4, -0.2) is 35.0 Å². The molecule has 2 N–H and O–H groups in total. The molecule has 1 aliphatic carbocycles. The zero-order chi connectivity index (χ0) is 14.4. The molecule has 0 spiro atoms. The van der Waals surface area contributed by atoms with E-state index in [0.29, 0.717) is 16.9 Å². The molecular formula is C15H23N3OS. The van der Waals surface area contributed by atoms with Crippen LogP contribution in [0.5, 0.6) is 0 Å². The maximum Gasteiger partial charge on any atom is 0.255 e. The number of rotatable bonds is 6. The molecule has 1 fully saturated rings. The normalized spacial score (nSPS) is 21.7. The number of amides is 1. The second-order valence-corrected chi connectivity index (χ2v) is 6.33. The first-order chi connectivity index (χ1) is 9.74. The molecule has 5 heteroatoms. The van der Waals surface area contributed by atoms with Crippen molar-refractivity contribution in [1.29, 1.82) is 0 Å². The van der Waals surface area contributed by atoms with Gasteiger partial charge in [0.05, 0.1) is 11.3 Å². The number of thioether (sulfide) groups is 1. The van der Waals surface area contributed by atoms with E-state index in [1.54, 1.807) is 12.4 Å². The van der Waals surface area contributed by atoms with Gasteiger partial charge in [0.2, 0.25) is 0 Å². The summed E-state index contributed by atoms with van der Waals surface area (Å²) >= 11 is 1.90. The second kappa shape index (κ2) is 7.53. The summed E-state index contributed by atoms with van der Waals surface area (Å²) in [5, 5.41) is 7.11. The molecular weight excluding hydrogens is 270 g/mol. The molecule has 20 heavy (non-hydrogen) atoms. The molecule has 2 atom stereocenters. The van der Waals surface area contributed by atoms with Crippen LogP contribution in [0.3, 0.4) is 0 Å². The van der Waals surface area contributed by atoms with Crippen LogP contribution < -0.4 is 10.6 Å². The first kappa shape index (κ1) is 15.2. The van der Waals surface area contributed by atoms with Crippen molar-refractivity contribution in [2.75, 3.05) is 18.1 Å². The Morgan fingerprint density at radius 1 is 1.50 bits per heavy atom. The fourth-order valence-corrected chi connectivity index (χ4v) is 3.33. The standard InChI is InChI=1S/C15H23N3OS/c1-3-7-17-14-6-8-16-10-13(14)15(19)18-11-4-5-12(9-11)20-2/h6,8,10-12H,3-5,7,9H2,1-2H3,(H,16,17)(H,18,19). The van der Waals surface area contributed by atoms with Crippen LogP contribution in [0.15, 0.2) is 18.5 Å². The maximum atomic E-state index is 12.4. The van der Waals surface area contributed by atoms with Crippen molar-refractivity contribution in [1.82, 2.24) is 10.3 Å². The molecule has 4 nitrogen and oxygen atoms in total. The fourth-order valence-electron chi connectivity index (χ4n) is 2.54. The average molecular weight is 293 g/mol. The van der Waals surface area contributed by atoms with Gasteiger partial charge in [-0.25, -0.2) is 0 Å². The highest BCUT2D eigenvalue weighted by Crippen LogP contribution is 2.28. The van der Waals surface area contributed by atoms with E-state index in [2.05, 4.69) is 28.8 Å². The minimum Gasteiger partial charge on any atom is -0.384 e. The van der Waals surface area contributed by atoms with E-state index >= 15 is 0 Å². The van der Waals surface area contributed by atoms with Crippen LogP contribution in [-0.2, 0) is 0 Å². The van der Waals surface area contributed by atoms with Gasteiger partial charge in [-0.15, -0.1) is 0 Å². The Morgan fingerprint density at radius 3 is 3.05 bits per heavy atom. The van der Waals surface area contributed by atoms with Crippen LogP contribution >= 0.6 is 11.8 Å². The summed E-state index contributed by atoms with van der Waals surface area (Å²) in [7, 11) is 0. The van der Waals surface area contributed by atoms with Crippen molar-refractivity contribution in [3.8, 4) is 0 Å². The number of hydrogen-bond donors (Lipinski definition) is 2. The van der Waals surface area contributed by atoms with Gasteiger partial charge in [0, 0.05) is 30.2 Å². The lowest BCUT2D eigenvalue weighted by Gasteiger charge is -2.15. The first-order valence-corrected chi connectivity index (χ1v) is 8.55. The number of pyridine rings is 1. The number of nitrogens with zero attached hydrogens (tertiary/aromatic N) is 1. The lowest BCUT2D eigenvalue weighted by molar-refractivity contribution is 0.0938. The SMILES string of the molecule is CCCNc1ccncc1C(=O)NC1CCC(SC)C1. The van der Waals surface area contributed by atoms with Gasteiger partial charge in [0.15, 0.2) is 0 Å². The highest BCUT2D eigenvalue weighted by Gasteiger charge is 2.26. The lowest BCUT2D eigenvalue weighted by Crippen LogP contribution is -2.33. The van der Waals surface area contributed by atoms with Crippen molar-refractivity contribution >= 4 is 23.4 Å². The molecule has 110 valence electrons. The minimum atomic E-state index is -0.0107. The van der Waals surface area contributed by atoms with Crippen LogP contribution in [0.1, 0.15) is 43.0 Å². The monoisotopic (exact) mass is 293 g/mol. The van der Waals surface area contributed by atoms with Crippen molar-refractivity contribution in [2.45, 2.75) is 43.9 Å². The van der Waals surface area contributed by atoms with E-state index in [0.717, 1.165) is 31.5 Å². The van der Waals surface area contributed by atoms with Gasteiger partial charge < -0.3 is 10.6 Å². The van der Waals surface area contributed by atoms with Gasteiger partial charge in [-0.2, -0.15) is 11.8 Å². The van der Waals surface area contributed by atoms with E-state index in [1.165, 1.54) is 6.42 Å². The number of carbonyl (C=O) groups is 1. The molecule has 0 radical (unpaired) electrons. The molecule has 1 heterocycles. The third-order valence-corrected chi connectivity index (χ3v) is 4.78. The summed E-state index contributed by atoms with van der Waals surface area (Å²) in [6.07, 6.45) is 9.88. The molecule has 1 aromatic rings. The molecule has 0 saturated heterocycles. The second-order valence-electron chi connectivity index (χ2n) is 5.19. The molecule has 1 amide bonds. The van der Waals surface area contributed by atoms with Crippen LogP contribution in [0.4, 0.5) is 5.69 Å². The van der Waals surface area contributed by atoms with Crippen molar-refractivity contribution in [2.24, 2.45) is 0 Å². The molecule has 2 rings (SSSR count). The summed E-state index contributed by atoms with van der Waals surface area (Å²) in [4.78, 5) is 16.5. The Bertz CT molecular complexity index is 452. The molecule has 1 aromatic heterocycles. The van der Waals surface area contributed by atoms with Gasteiger partial charge in [0.1, 0.15) is 0 Å². The van der Waals surface area contributed by atoms with Crippen molar-refractivity contribution in [3.05, 3.63) is 24.0 Å². The van der Waals surface area contributed by atoms with E-state index in [4.69, 9.17) is 0 Å². The van der Waals surface area contributed by atoms with Crippen LogP contribution in [0.2, 0.25) is 0 Å². The van der Waals surface area contributed by atoms with Gasteiger partial charge in [0.25, 0.3) is 5.91 Å². The van der Waals surface area contributed by atoms with Crippen molar-refractivity contribution in [3.63, 3.8) is 0 Å². The predicted octanol–water partition coefficient (Wildman–Crippen LogP) is 2.92. The molecule has 0 bridgehead atoms. The number of aromatic nitrogens is 1. The smallest absolute Gasteiger partial charge is 0.255 e. The van der Waals surface area contributed by atoms with Gasteiger partial charge in [-0.05, 0) is 38.0 Å². The largest absolute Gasteiger partial charge is 0.384 e.